The van der Waals surface area contributed by atoms with E-state index in [9.17, 15) is 9.90 Å². The van der Waals surface area contributed by atoms with Crippen LogP contribution in [-0.4, -0.2) is 32.6 Å². The summed E-state index contributed by atoms with van der Waals surface area (Å²) in [6.07, 6.45) is 8.34. The highest BCUT2D eigenvalue weighted by Gasteiger charge is 2.56. The zero-order chi connectivity index (χ0) is 18.1. The van der Waals surface area contributed by atoms with Crippen molar-refractivity contribution in [1.82, 2.24) is 15.3 Å². The van der Waals surface area contributed by atoms with E-state index in [1.165, 1.54) is 12.8 Å². The second-order valence-electron chi connectivity index (χ2n) is 9.21. The van der Waals surface area contributed by atoms with E-state index in [0.717, 1.165) is 41.0 Å². The number of hydrogen-bond acceptors (Lipinski definition) is 5. The molecule has 2 N–H and O–H groups in total. The van der Waals surface area contributed by atoms with Crippen molar-refractivity contribution < 1.29 is 9.90 Å². The van der Waals surface area contributed by atoms with Gasteiger partial charge in [-0.15, -0.1) is 11.3 Å². The molecular weight excluding hydrogens is 346 g/mol. The maximum absolute atomic E-state index is 12.6. The standard InChI is InChI=1S/C20H25N3O2S/c1-19(2,25)13-6-20(7-13)8-14(9-20)22-17(24)12-5-15-16(21-10-12)23-18(26-15)11-3-4-11/h5,10-11,13-14,25H,3-4,6-9H2,1-2H3,(H,22,24). The molecular formula is C20H25N3O2S. The second kappa shape index (κ2) is 5.49. The van der Waals surface area contributed by atoms with Crippen molar-refractivity contribution >= 4 is 27.6 Å². The first-order chi connectivity index (χ1) is 12.3. The van der Waals surface area contributed by atoms with Gasteiger partial charge in [-0.3, -0.25) is 4.79 Å². The van der Waals surface area contributed by atoms with Gasteiger partial charge in [0, 0.05) is 18.2 Å². The Kier molecular flexibility index (Phi) is 3.51. The smallest absolute Gasteiger partial charge is 0.253 e. The summed E-state index contributed by atoms with van der Waals surface area (Å²) in [4.78, 5) is 21.5. The lowest BCUT2D eigenvalue weighted by molar-refractivity contribution is -0.127. The monoisotopic (exact) mass is 371 g/mol. The fraction of sp³-hybridized carbons (Fsp3) is 0.650. The Bertz CT molecular complexity index is 867. The molecule has 0 unspecified atom stereocenters. The first kappa shape index (κ1) is 16.6. The van der Waals surface area contributed by atoms with E-state index in [4.69, 9.17) is 0 Å². The number of nitrogens with zero attached hydrogens (tertiary/aromatic N) is 2. The highest BCUT2D eigenvalue weighted by Crippen LogP contribution is 2.61. The molecule has 5 rings (SSSR count). The van der Waals surface area contributed by atoms with Crippen LogP contribution in [0.5, 0.6) is 0 Å². The minimum Gasteiger partial charge on any atom is -0.390 e. The van der Waals surface area contributed by atoms with Crippen LogP contribution in [0.2, 0.25) is 0 Å². The summed E-state index contributed by atoms with van der Waals surface area (Å²) in [6, 6.07) is 2.19. The molecule has 0 aliphatic heterocycles. The molecule has 1 amide bonds. The molecule has 3 fully saturated rings. The number of aromatic nitrogens is 2. The van der Waals surface area contributed by atoms with Gasteiger partial charge in [-0.25, -0.2) is 9.97 Å². The third kappa shape index (κ3) is 2.83. The molecule has 6 heteroatoms. The van der Waals surface area contributed by atoms with Gasteiger partial charge in [0.1, 0.15) is 0 Å². The minimum absolute atomic E-state index is 0.0287. The van der Waals surface area contributed by atoms with E-state index < -0.39 is 5.60 Å². The Morgan fingerprint density at radius 3 is 2.69 bits per heavy atom. The zero-order valence-electron chi connectivity index (χ0n) is 15.3. The van der Waals surface area contributed by atoms with E-state index in [0.29, 0.717) is 22.8 Å². The number of pyridine rings is 1. The molecule has 0 bridgehead atoms. The van der Waals surface area contributed by atoms with Gasteiger partial charge in [0.25, 0.3) is 5.91 Å². The number of carbonyl (C=O) groups is 1. The van der Waals surface area contributed by atoms with Crippen molar-refractivity contribution in [2.75, 3.05) is 0 Å². The lowest BCUT2D eigenvalue weighted by Crippen LogP contribution is -2.59. The van der Waals surface area contributed by atoms with Crippen LogP contribution in [0.1, 0.15) is 73.7 Å². The van der Waals surface area contributed by atoms with Crippen LogP contribution in [0.15, 0.2) is 12.3 Å². The van der Waals surface area contributed by atoms with Crippen LogP contribution in [0, 0.1) is 11.3 Å². The van der Waals surface area contributed by atoms with Gasteiger partial charge in [0.2, 0.25) is 0 Å². The van der Waals surface area contributed by atoms with E-state index in [2.05, 4.69) is 15.3 Å². The number of carbonyl (C=O) groups excluding carboxylic acids is 1. The van der Waals surface area contributed by atoms with Crippen molar-refractivity contribution in [1.29, 1.82) is 0 Å². The molecule has 2 heterocycles. The lowest BCUT2D eigenvalue weighted by Gasteiger charge is -2.60. The Morgan fingerprint density at radius 1 is 1.31 bits per heavy atom. The van der Waals surface area contributed by atoms with Gasteiger partial charge in [-0.1, -0.05) is 0 Å². The molecule has 0 saturated heterocycles. The van der Waals surface area contributed by atoms with Gasteiger partial charge < -0.3 is 10.4 Å². The van der Waals surface area contributed by atoms with E-state index in [-0.39, 0.29) is 11.9 Å². The minimum atomic E-state index is -0.575. The molecule has 3 aliphatic rings. The maximum Gasteiger partial charge on any atom is 0.253 e. The maximum atomic E-state index is 12.6. The molecule has 138 valence electrons. The molecule has 2 aromatic heterocycles. The number of rotatable bonds is 4. The topological polar surface area (TPSA) is 75.1 Å². The first-order valence-electron chi connectivity index (χ1n) is 9.61. The molecule has 0 atom stereocenters. The number of nitrogens with one attached hydrogen (secondary N) is 1. The average molecular weight is 372 g/mol. The molecule has 26 heavy (non-hydrogen) atoms. The lowest BCUT2D eigenvalue weighted by atomic mass is 9.47. The van der Waals surface area contributed by atoms with Gasteiger partial charge in [0.05, 0.1) is 20.9 Å². The zero-order valence-corrected chi connectivity index (χ0v) is 16.1. The summed E-state index contributed by atoms with van der Waals surface area (Å²) in [5, 5.41) is 14.4. The van der Waals surface area contributed by atoms with Crippen molar-refractivity contribution in [3.63, 3.8) is 0 Å². The van der Waals surface area contributed by atoms with Gasteiger partial charge in [-0.2, -0.15) is 0 Å². The fourth-order valence-electron chi connectivity index (χ4n) is 4.64. The highest BCUT2D eigenvalue weighted by molar-refractivity contribution is 7.18. The summed E-state index contributed by atoms with van der Waals surface area (Å²) in [5.41, 5.74) is 1.19. The third-order valence-electron chi connectivity index (χ3n) is 6.50. The summed E-state index contributed by atoms with van der Waals surface area (Å²) < 4.78 is 1.01. The third-order valence-corrected chi connectivity index (χ3v) is 7.66. The average Bonchev–Trinajstić information content (AvgIpc) is 3.25. The van der Waals surface area contributed by atoms with Crippen molar-refractivity contribution in [2.24, 2.45) is 11.3 Å². The highest BCUT2D eigenvalue weighted by atomic mass is 32.1. The molecule has 1 spiro atoms. The molecule has 2 aromatic rings. The van der Waals surface area contributed by atoms with Crippen LogP contribution in [0.4, 0.5) is 0 Å². The molecule has 0 radical (unpaired) electrons. The number of hydrogen-bond donors (Lipinski definition) is 2. The summed E-state index contributed by atoms with van der Waals surface area (Å²) >= 11 is 1.68. The molecule has 3 saturated carbocycles. The van der Waals surface area contributed by atoms with Crippen molar-refractivity contribution in [2.45, 2.75) is 69.9 Å². The summed E-state index contributed by atoms with van der Waals surface area (Å²) in [7, 11) is 0. The van der Waals surface area contributed by atoms with Gasteiger partial charge in [0.15, 0.2) is 5.65 Å². The Hall–Kier alpha value is -1.53. The van der Waals surface area contributed by atoms with Crippen LogP contribution in [0.3, 0.4) is 0 Å². The van der Waals surface area contributed by atoms with E-state index in [1.54, 1.807) is 17.5 Å². The number of aliphatic hydroxyl groups is 1. The Labute approximate surface area is 157 Å². The number of thiazole rings is 1. The quantitative estimate of drug-likeness (QED) is 0.861. The summed E-state index contributed by atoms with van der Waals surface area (Å²) in [5.74, 6) is 0.990. The normalized spacial score (nSPS) is 30.9. The SMILES string of the molecule is CC(C)(O)C1CC2(CC(NC(=O)c3cnc4nc(C5CC5)sc4c3)C2)C1. The summed E-state index contributed by atoms with van der Waals surface area (Å²) in [6.45, 7) is 3.80. The van der Waals surface area contributed by atoms with E-state index in [1.807, 2.05) is 19.9 Å². The first-order valence-corrected chi connectivity index (χ1v) is 10.4. The molecule has 3 aliphatic carbocycles. The predicted molar refractivity (Wildman–Crippen MR) is 101 cm³/mol. The van der Waals surface area contributed by atoms with Crippen LogP contribution in [-0.2, 0) is 0 Å². The molecule has 5 nitrogen and oxygen atoms in total. The van der Waals surface area contributed by atoms with Crippen LogP contribution in [0.25, 0.3) is 10.3 Å². The van der Waals surface area contributed by atoms with Gasteiger partial charge in [-0.05, 0) is 69.8 Å². The van der Waals surface area contributed by atoms with Crippen molar-refractivity contribution in [3.8, 4) is 0 Å². The molecule has 0 aromatic carbocycles. The van der Waals surface area contributed by atoms with Crippen LogP contribution < -0.4 is 5.32 Å². The second-order valence-corrected chi connectivity index (χ2v) is 10.3. The fourth-order valence-corrected chi connectivity index (χ4v) is 5.78. The van der Waals surface area contributed by atoms with E-state index >= 15 is 0 Å². The van der Waals surface area contributed by atoms with Gasteiger partial charge >= 0.3 is 0 Å². The number of fused-ring (bicyclic) bond motifs is 1. The predicted octanol–water partition coefficient (Wildman–Crippen LogP) is 3.63. The van der Waals surface area contributed by atoms with Crippen molar-refractivity contribution in [3.05, 3.63) is 22.8 Å². The number of amides is 1. The Morgan fingerprint density at radius 2 is 2.04 bits per heavy atom. The largest absolute Gasteiger partial charge is 0.390 e. The van der Waals surface area contributed by atoms with Crippen LogP contribution >= 0.6 is 11.3 Å². The Balaban J connectivity index is 1.20.